The summed E-state index contributed by atoms with van der Waals surface area (Å²) in [5.74, 6) is -2.84. The van der Waals surface area contributed by atoms with E-state index in [0.717, 1.165) is 27.7 Å². The summed E-state index contributed by atoms with van der Waals surface area (Å²) in [6, 6.07) is 0. The van der Waals surface area contributed by atoms with Gasteiger partial charge in [-0.2, -0.15) is 5.48 Å². The van der Waals surface area contributed by atoms with Crippen molar-refractivity contribution in [2.75, 3.05) is 6.61 Å². The molecule has 0 aliphatic carbocycles. The highest BCUT2D eigenvalue weighted by Gasteiger charge is 2.52. The highest BCUT2D eigenvalue weighted by atomic mass is 16.7. The van der Waals surface area contributed by atoms with Crippen LogP contribution in [0.5, 0.6) is 0 Å². The molecule has 1 heterocycles. The Morgan fingerprint density at radius 3 is 1.76 bits per heavy atom. The molecule has 1 aliphatic heterocycles. The van der Waals surface area contributed by atoms with Crippen molar-refractivity contribution < 1.29 is 48.1 Å². The molecule has 0 bridgehead atoms. The Hall–Kier alpha value is -2.24. The van der Waals surface area contributed by atoms with Gasteiger partial charge in [0, 0.05) is 27.7 Å². The lowest BCUT2D eigenvalue weighted by atomic mass is 9.97. The van der Waals surface area contributed by atoms with E-state index in [0.29, 0.717) is 0 Å². The molecule has 0 amide bonds. The Kier molecular flexibility index (Phi) is 7.74. The van der Waals surface area contributed by atoms with Crippen LogP contribution in [0, 0.1) is 0 Å². The Bertz CT molecular complexity index is 522. The molecule has 1 saturated heterocycles. The van der Waals surface area contributed by atoms with Crippen LogP contribution in [0.2, 0.25) is 0 Å². The molecule has 1 fully saturated rings. The molecule has 0 saturated carbocycles. The average molecular weight is 363 g/mol. The van der Waals surface area contributed by atoms with Gasteiger partial charge in [0.25, 0.3) is 0 Å². The molecular weight excluding hydrogens is 342 g/mol. The van der Waals surface area contributed by atoms with Crippen molar-refractivity contribution in [2.24, 2.45) is 0 Å². The predicted molar refractivity (Wildman–Crippen MR) is 76.9 cm³/mol. The SMILES string of the molecule is CC(=O)OCC1O[C@@H](NO)C(OC(C)=O)C(OC(C)=O)[C@H]1OC(C)=O. The van der Waals surface area contributed by atoms with Crippen molar-refractivity contribution in [2.45, 2.75) is 58.3 Å². The Balaban J connectivity index is 3.18. The molecule has 1 rings (SSSR count). The van der Waals surface area contributed by atoms with Crippen molar-refractivity contribution in [1.29, 1.82) is 0 Å². The normalized spacial score (nSPS) is 28.6. The Labute approximate surface area is 143 Å². The fourth-order valence-corrected chi connectivity index (χ4v) is 2.33. The summed E-state index contributed by atoms with van der Waals surface area (Å²) < 4.78 is 25.6. The largest absolute Gasteiger partial charge is 0.463 e. The van der Waals surface area contributed by atoms with Crippen LogP contribution < -0.4 is 5.48 Å². The summed E-state index contributed by atoms with van der Waals surface area (Å²) in [7, 11) is 0. The Morgan fingerprint density at radius 2 is 1.32 bits per heavy atom. The molecule has 3 unspecified atom stereocenters. The molecule has 0 radical (unpaired) electrons. The van der Waals surface area contributed by atoms with E-state index in [9.17, 15) is 24.4 Å². The van der Waals surface area contributed by atoms with Crippen LogP contribution in [0.25, 0.3) is 0 Å². The Morgan fingerprint density at radius 1 is 0.840 bits per heavy atom. The van der Waals surface area contributed by atoms with Crippen molar-refractivity contribution in [3.8, 4) is 0 Å². The first-order chi connectivity index (χ1) is 11.6. The number of hydrogen-bond acceptors (Lipinski definition) is 11. The fraction of sp³-hybridized carbons (Fsp3) is 0.714. The van der Waals surface area contributed by atoms with E-state index >= 15 is 0 Å². The van der Waals surface area contributed by atoms with Gasteiger partial charge in [0.15, 0.2) is 24.5 Å². The van der Waals surface area contributed by atoms with Crippen LogP contribution in [0.3, 0.4) is 0 Å². The smallest absolute Gasteiger partial charge is 0.303 e. The van der Waals surface area contributed by atoms with Crippen LogP contribution in [0.4, 0.5) is 0 Å². The van der Waals surface area contributed by atoms with Crippen LogP contribution in [0.15, 0.2) is 0 Å². The molecule has 25 heavy (non-hydrogen) atoms. The molecule has 0 spiro atoms. The standard InChI is InChI=1S/C14H21NO10/c1-6(16)21-5-10-11(22-7(2)17)12(23-8(3)18)13(24-9(4)19)14(15-20)25-10/h10-15,20H,5H2,1-4H3/t10?,11-,12?,13?,14+/m0/s1. The lowest BCUT2D eigenvalue weighted by Crippen LogP contribution is -2.65. The van der Waals surface area contributed by atoms with Gasteiger partial charge in [0.1, 0.15) is 12.7 Å². The minimum atomic E-state index is -1.32. The van der Waals surface area contributed by atoms with E-state index in [4.69, 9.17) is 23.7 Å². The summed E-state index contributed by atoms with van der Waals surface area (Å²) >= 11 is 0. The average Bonchev–Trinajstić information content (AvgIpc) is 2.48. The maximum atomic E-state index is 11.4. The lowest BCUT2D eigenvalue weighted by molar-refractivity contribution is -0.270. The number of nitrogens with one attached hydrogen (secondary N) is 1. The monoisotopic (exact) mass is 363 g/mol. The van der Waals surface area contributed by atoms with Crippen LogP contribution in [-0.4, -0.2) is 66.3 Å². The van der Waals surface area contributed by atoms with Crippen molar-refractivity contribution in [3.63, 3.8) is 0 Å². The van der Waals surface area contributed by atoms with E-state index in [2.05, 4.69) is 0 Å². The summed E-state index contributed by atoms with van der Waals surface area (Å²) in [5.41, 5.74) is 1.78. The molecule has 0 aromatic carbocycles. The second-order valence-electron chi connectivity index (χ2n) is 5.25. The number of hydroxylamine groups is 1. The number of hydrogen-bond donors (Lipinski definition) is 2. The minimum Gasteiger partial charge on any atom is -0.463 e. The van der Waals surface area contributed by atoms with Crippen LogP contribution >= 0.6 is 0 Å². The second-order valence-corrected chi connectivity index (χ2v) is 5.25. The van der Waals surface area contributed by atoms with Gasteiger partial charge >= 0.3 is 23.9 Å². The molecule has 1 aliphatic rings. The molecule has 11 heteroatoms. The summed E-state index contributed by atoms with van der Waals surface area (Å²) in [6.45, 7) is 4.14. The van der Waals surface area contributed by atoms with Gasteiger partial charge < -0.3 is 28.9 Å². The molecule has 0 aromatic rings. The zero-order valence-corrected chi connectivity index (χ0v) is 14.2. The van der Waals surface area contributed by atoms with Gasteiger partial charge in [-0.25, -0.2) is 0 Å². The summed E-state index contributed by atoms with van der Waals surface area (Å²) in [4.78, 5) is 45.2. The predicted octanol–water partition coefficient (Wildman–Crippen LogP) is -0.952. The third-order valence-electron chi connectivity index (χ3n) is 3.12. The van der Waals surface area contributed by atoms with E-state index in [-0.39, 0.29) is 6.61 Å². The molecule has 2 N–H and O–H groups in total. The first kappa shape index (κ1) is 20.8. The zero-order valence-electron chi connectivity index (χ0n) is 14.2. The maximum Gasteiger partial charge on any atom is 0.303 e. The van der Waals surface area contributed by atoms with Gasteiger partial charge in [-0.15, -0.1) is 0 Å². The third-order valence-corrected chi connectivity index (χ3v) is 3.12. The van der Waals surface area contributed by atoms with Gasteiger partial charge in [0.05, 0.1) is 0 Å². The second kappa shape index (κ2) is 9.30. The number of esters is 4. The number of carbonyl (C=O) groups is 4. The lowest BCUT2D eigenvalue weighted by Gasteiger charge is -2.43. The number of rotatable bonds is 6. The third kappa shape index (κ3) is 6.29. The van der Waals surface area contributed by atoms with Crippen LogP contribution in [-0.2, 0) is 42.9 Å². The summed E-state index contributed by atoms with van der Waals surface area (Å²) in [5, 5.41) is 9.27. The van der Waals surface area contributed by atoms with Gasteiger partial charge in [0.2, 0.25) is 0 Å². The maximum absolute atomic E-state index is 11.4. The number of carbonyl (C=O) groups excluding carboxylic acids is 4. The molecule has 0 aromatic heterocycles. The van der Waals surface area contributed by atoms with Gasteiger partial charge in [-0.05, 0) is 0 Å². The van der Waals surface area contributed by atoms with E-state index < -0.39 is 54.5 Å². The first-order valence-electron chi connectivity index (χ1n) is 7.35. The molecule has 11 nitrogen and oxygen atoms in total. The minimum absolute atomic E-state index is 0.351. The van der Waals surface area contributed by atoms with E-state index in [1.54, 1.807) is 5.48 Å². The fourth-order valence-electron chi connectivity index (χ4n) is 2.33. The molecule has 5 atom stereocenters. The quantitative estimate of drug-likeness (QED) is 0.342. The van der Waals surface area contributed by atoms with Gasteiger partial charge in [-0.1, -0.05) is 0 Å². The van der Waals surface area contributed by atoms with E-state index in [1.807, 2.05) is 0 Å². The van der Waals surface area contributed by atoms with Crippen molar-refractivity contribution in [3.05, 3.63) is 0 Å². The van der Waals surface area contributed by atoms with Crippen LogP contribution in [0.1, 0.15) is 27.7 Å². The topological polar surface area (TPSA) is 147 Å². The highest BCUT2D eigenvalue weighted by molar-refractivity contribution is 5.68. The number of ether oxygens (including phenoxy) is 5. The summed E-state index contributed by atoms with van der Waals surface area (Å²) in [6.07, 6.45) is -6.27. The van der Waals surface area contributed by atoms with Crippen molar-refractivity contribution >= 4 is 23.9 Å². The molecule has 142 valence electrons. The first-order valence-corrected chi connectivity index (χ1v) is 7.35. The molecular formula is C14H21NO10. The van der Waals surface area contributed by atoms with E-state index in [1.165, 1.54) is 0 Å². The zero-order chi connectivity index (χ0) is 19.1. The van der Waals surface area contributed by atoms with Gasteiger partial charge in [-0.3, -0.25) is 19.2 Å². The van der Waals surface area contributed by atoms with Crippen molar-refractivity contribution in [1.82, 2.24) is 5.48 Å². The highest BCUT2D eigenvalue weighted by Crippen LogP contribution is 2.28.